The van der Waals surface area contributed by atoms with Gasteiger partial charge < -0.3 is 4.74 Å². The molecule has 0 bridgehead atoms. The third kappa shape index (κ3) is 3.42. The lowest BCUT2D eigenvalue weighted by Gasteiger charge is -1.99. The molecule has 62 valence electrons. The SMILES string of the molecule is N#CSCOCc1ccccc1. The second-order valence-corrected chi connectivity index (χ2v) is 2.89. The number of nitrogens with zero attached hydrogens (tertiary/aromatic N) is 1. The van der Waals surface area contributed by atoms with E-state index < -0.39 is 0 Å². The van der Waals surface area contributed by atoms with Crippen molar-refractivity contribution >= 4 is 11.8 Å². The van der Waals surface area contributed by atoms with E-state index in [2.05, 4.69) is 0 Å². The predicted molar refractivity (Wildman–Crippen MR) is 49.3 cm³/mol. The molecule has 0 heterocycles. The lowest BCUT2D eigenvalue weighted by atomic mass is 10.2. The molecule has 3 heteroatoms. The molecular formula is C9H9NOS. The van der Waals surface area contributed by atoms with E-state index in [1.807, 2.05) is 35.7 Å². The van der Waals surface area contributed by atoms with Crippen LogP contribution in [0.5, 0.6) is 0 Å². The van der Waals surface area contributed by atoms with Crippen LogP contribution in [0.1, 0.15) is 5.56 Å². The molecule has 2 nitrogen and oxygen atoms in total. The molecule has 0 aliphatic heterocycles. The molecule has 12 heavy (non-hydrogen) atoms. The molecule has 0 saturated heterocycles. The van der Waals surface area contributed by atoms with Crippen molar-refractivity contribution in [3.05, 3.63) is 35.9 Å². The van der Waals surface area contributed by atoms with Crippen molar-refractivity contribution in [2.45, 2.75) is 6.61 Å². The molecule has 0 aliphatic carbocycles. The van der Waals surface area contributed by atoms with Gasteiger partial charge in [-0.05, 0) is 17.3 Å². The van der Waals surface area contributed by atoms with Crippen LogP contribution in [0.15, 0.2) is 30.3 Å². The Labute approximate surface area is 76.2 Å². The van der Waals surface area contributed by atoms with Gasteiger partial charge in [0.15, 0.2) is 0 Å². The normalized spacial score (nSPS) is 9.25. The molecule has 0 unspecified atom stereocenters. The fraction of sp³-hybridized carbons (Fsp3) is 0.222. The minimum Gasteiger partial charge on any atom is -0.365 e. The Morgan fingerprint density at radius 3 is 2.75 bits per heavy atom. The molecular weight excluding hydrogens is 170 g/mol. The van der Waals surface area contributed by atoms with E-state index >= 15 is 0 Å². The maximum absolute atomic E-state index is 8.20. The van der Waals surface area contributed by atoms with E-state index in [1.54, 1.807) is 0 Å². The molecule has 0 radical (unpaired) electrons. The van der Waals surface area contributed by atoms with Crippen LogP contribution in [0, 0.1) is 10.7 Å². The minimum atomic E-state index is 0.436. The highest BCUT2D eigenvalue weighted by molar-refractivity contribution is 8.03. The zero-order chi connectivity index (χ0) is 8.65. The van der Waals surface area contributed by atoms with Crippen molar-refractivity contribution < 1.29 is 4.74 Å². The summed E-state index contributed by atoms with van der Waals surface area (Å²) in [6.07, 6.45) is 0. The van der Waals surface area contributed by atoms with E-state index in [-0.39, 0.29) is 0 Å². The van der Waals surface area contributed by atoms with Gasteiger partial charge in [0.2, 0.25) is 0 Å². The maximum Gasteiger partial charge on any atom is 0.135 e. The van der Waals surface area contributed by atoms with Crippen molar-refractivity contribution in [2.75, 3.05) is 5.94 Å². The predicted octanol–water partition coefficient (Wildman–Crippen LogP) is 2.37. The van der Waals surface area contributed by atoms with Crippen molar-refractivity contribution in [1.82, 2.24) is 0 Å². The number of benzene rings is 1. The number of hydrogen-bond acceptors (Lipinski definition) is 3. The molecule has 1 rings (SSSR count). The highest BCUT2D eigenvalue weighted by Gasteiger charge is 1.90. The Kier molecular flexibility index (Phi) is 4.28. The smallest absolute Gasteiger partial charge is 0.135 e. The van der Waals surface area contributed by atoms with Gasteiger partial charge in [-0.1, -0.05) is 30.3 Å². The van der Waals surface area contributed by atoms with Crippen molar-refractivity contribution in [3.63, 3.8) is 0 Å². The molecule has 0 fully saturated rings. The monoisotopic (exact) mass is 179 g/mol. The Morgan fingerprint density at radius 2 is 2.08 bits per heavy atom. The number of nitriles is 1. The van der Waals surface area contributed by atoms with E-state index in [0.717, 1.165) is 17.3 Å². The first-order chi connectivity index (χ1) is 5.93. The molecule has 1 aromatic carbocycles. The van der Waals surface area contributed by atoms with Gasteiger partial charge in [0.1, 0.15) is 11.3 Å². The van der Waals surface area contributed by atoms with Crippen molar-refractivity contribution in [2.24, 2.45) is 0 Å². The summed E-state index contributed by atoms with van der Waals surface area (Å²) in [6.45, 7) is 0.579. The van der Waals surface area contributed by atoms with E-state index in [0.29, 0.717) is 12.5 Å². The summed E-state index contributed by atoms with van der Waals surface area (Å²) in [7, 11) is 0. The fourth-order valence-corrected chi connectivity index (χ4v) is 1.02. The van der Waals surface area contributed by atoms with Crippen LogP contribution in [-0.2, 0) is 11.3 Å². The largest absolute Gasteiger partial charge is 0.365 e. The van der Waals surface area contributed by atoms with Crippen LogP contribution in [0.2, 0.25) is 0 Å². The van der Waals surface area contributed by atoms with Gasteiger partial charge in [-0.15, -0.1) is 0 Å². The molecule has 0 atom stereocenters. The maximum atomic E-state index is 8.20. The zero-order valence-corrected chi connectivity index (χ0v) is 7.38. The van der Waals surface area contributed by atoms with E-state index in [4.69, 9.17) is 10.00 Å². The fourth-order valence-electron chi connectivity index (χ4n) is 0.802. The average Bonchev–Trinajstić information content (AvgIpc) is 2.14. The van der Waals surface area contributed by atoms with Crippen LogP contribution in [0.25, 0.3) is 0 Å². The summed E-state index contributed by atoms with van der Waals surface area (Å²) in [5.41, 5.74) is 1.14. The second-order valence-electron chi connectivity index (χ2n) is 2.19. The lowest BCUT2D eigenvalue weighted by Crippen LogP contribution is -1.90. The minimum absolute atomic E-state index is 0.436. The first-order valence-electron chi connectivity index (χ1n) is 3.56. The third-order valence-electron chi connectivity index (χ3n) is 1.32. The quantitative estimate of drug-likeness (QED) is 0.404. The highest BCUT2D eigenvalue weighted by Crippen LogP contribution is 2.03. The number of hydrogen-bond donors (Lipinski definition) is 0. The summed E-state index contributed by atoms with van der Waals surface area (Å²) in [4.78, 5) is 0. The Balaban J connectivity index is 2.21. The zero-order valence-electron chi connectivity index (χ0n) is 6.56. The third-order valence-corrected chi connectivity index (χ3v) is 1.73. The summed E-state index contributed by atoms with van der Waals surface area (Å²) < 4.78 is 5.20. The summed E-state index contributed by atoms with van der Waals surface area (Å²) in [6, 6.07) is 9.90. The summed E-state index contributed by atoms with van der Waals surface area (Å²) >= 11 is 1.11. The Hall–Kier alpha value is -0.980. The van der Waals surface area contributed by atoms with Crippen LogP contribution < -0.4 is 0 Å². The molecule has 0 aromatic heterocycles. The molecule has 0 amide bonds. The first-order valence-corrected chi connectivity index (χ1v) is 4.54. The van der Waals surface area contributed by atoms with Crippen LogP contribution >= 0.6 is 11.8 Å². The van der Waals surface area contributed by atoms with Gasteiger partial charge in [0, 0.05) is 0 Å². The Bertz CT molecular complexity index is 255. The molecule has 1 aromatic rings. The summed E-state index contributed by atoms with van der Waals surface area (Å²) in [5.74, 6) is 0.436. The summed E-state index contributed by atoms with van der Waals surface area (Å²) in [5, 5.41) is 10.1. The van der Waals surface area contributed by atoms with Gasteiger partial charge >= 0.3 is 0 Å². The van der Waals surface area contributed by atoms with Crippen molar-refractivity contribution in [1.29, 1.82) is 5.26 Å². The van der Waals surface area contributed by atoms with Gasteiger partial charge in [-0.3, -0.25) is 0 Å². The van der Waals surface area contributed by atoms with E-state index in [1.165, 1.54) is 0 Å². The Morgan fingerprint density at radius 1 is 1.33 bits per heavy atom. The van der Waals surface area contributed by atoms with Crippen LogP contribution in [0.4, 0.5) is 0 Å². The highest BCUT2D eigenvalue weighted by atomic mass is 32.2. The van der Waals surface area contributed by atoms with Gasteiger partial charge in [-0.25, -0.2) is 0 Å². The standard InChI is InChI=1S/C9H9NOS/c10-7-12-8-11-6-9-4-2-1-3-5-9/h1-5H,6,8H2. The van der Waals surface area contributed by atoms with E-state index in [9.17, 15) is 0 Å². The number of ether oxygens (including phenoxy) is 1. The van der Waals surface area contributed by atoms with Crippen molar-refractivity contribution in [3.8, 4) is 5.40 Å². The van der Waals surface area contributed by atoms with Gasteiger partial charge in [-0.2, -0.15) is 5.26 Å². The average molecular weight is 179 g/mol. The first kappa shape index (κ1) is 9.11. The number of thioether (sulfide) groups is 1. The second kappa shape index (κ2) is 5.64. The number of rotatable bonds is 4. The van der Waals surface area contributed by atoms with Crippen LogP contribution in [0.3, 0.4) is 0 Å². The topological polar surface area (TPSA) is 33.0 Å². The van der Waals surface area contributed by atoms with Gasteiger partial charge in [0.05, 0.1) is 6.61 Å². The molecule has 0 spiro atoms. The van der Waals surface area contributed by atoms with Crippen LogP contribution in [-0.4, -0.2) is 5.94 Å². The lowest BCUT2D eigenvalue weighted by molar-refractivity contribution is 0.169. The van der Waals surface area contributed by atoms with Gasteiger partial charge in [0.25, 0.3) is 0 Å². The molecule has 0 aliphatic rings. The number of thiocyanates is 1. The molecule has 0 N–H and O–H groups in total. The molecule has 0 saturated carbocycles.